The van der Waals surface area contributed by atoms with E-state index in [2.05, 4.69) is 10.3 Å². The van der Waals surface area contributed by atoms with Gasteiger partial charge in [0.05, 0.1) is 0 Å². The smallest absolute Gasteiger partial charge is 0.244 e. The van der Waals surface area contributed by atoms with Crippen molar-refractivity contribution in [1.82, 2.24) is 10.3 Å². The number of fused-ring (bicyclic) bond motifs is 2. The molecule has 5 nitrogen and oxygen atoms in total. The van der Waals surface area contributed by atoms with Crippen molar-refractivity contribution in [3.05, 3.63) is 65.6 Å². The Labute approximate surface area is 155 Å². The molecule has 1 aliphatic heterocycles. The molecule has 0 fully saturated rings. The lowest BCUT2D eigenvalue weighted by Gasteiger charge is -2.18. The maximum Gasteiger partial charge on any atom is 0.244 e. The van der Waals surface area contributed by atoms with Gasteiger partial charge in [-0.3, -0.25) is 4.79 Å². The second-order valence-corrected chi connectivity index (χ2v) is 6.28. The lowest BCUT2D eigenvalue weighted by Crippen LogP contribution is -2.23. The van der Waals surface area contributed by atoms with Gasteiger partial charge in [0, 0.05) is 29.7 Å². The number of halogens is 1. The molecule has 2 N–H and O–H groups in total. The molecule has 0 saturated carbocycles. The van der Waals surface area contributed by atoms with Crippen molar-refractivity contribution in [1.29, 1.82) is 0 Å². The largest absolute Gasteiger partial charge is 0.486 e. The summed E-state index contributed by atoms with van der Waals surface area (Å²) in [5.41, 5.74) is 2.72. The highest BCUT2D eigenvalue weighted by molar-refractivity contribution is 5.91. The second kappa shape index (κ2) is 7.53. The summed E-state index contributed by atoms with van der Waals surface area (Å²) in [4.78, 5) is 15.1. The molecule has 0 saturated heterocycles. The number of aromatic amines is 1. The van der Waals surface area contributed by atoms with E-state index in [1.807, 2.05) is 24.4 Å². The third kappa shape index (κ3) is 3.95. The first-order valence-corrected chi connectivity index (χ1v) is 8.80. The van der Waals surface area contributed by atoms with E-state index in [1.165, 1.54) is 18.2 Å². The van der Waals surface area contributed by atoms with Crippen LogP contribution < -0.4 is 14.8 Å². The molecule has 0 aliphatic carbocycles. The Balaban J connectivity index is 1.33. The normalized spacial score (nSPS) is 13.2. The van der Waals surface area contributed by atoms with Crippen molar-refractivity contribution >= 4 is 22.9 Å². The van der Waals surface area contributed by atoms with Crippen LogP contribution in [0.4, 0.5) is 4.39 Å². The molecule has 0 radical (unpaired) electrons. The van der Waals surface area contributed by atoms with E-state index in [0.29, 0.717) is 31.9 Å². The van der Waals surface area contributed by atoms with Crippen molar-refractivity contribution in [2.75, 3.05) is 19.8 Å². The first-order chi connectivity index (χ1) is 13.2. The van der Waals surface area contributed by atoms with Gasteiger partial charge in [0.15, 0.2) is 11.5 Å². The maximum atomic E-state index is 13.4. The molecule has 2 heterocycles. The summed E-state index contributed by atoms with van der Waals surface area (Å²) in [5.74, 6) is 0.957. The fraction of sp³-hybridized carbons (Fsp3) is 0.190. The molecule has 1 amide bonds. The van der Waals surface area contributed by atoms with E-state index in [4.69, 9.17) is 9.47 Å². The third-order valence-electron chi connectivity index (χ3n) is 4.42. The van der Waals surface area contributed by atoms with Crippen LogP contribution in [0.1, 0.15) is 11.1 Å². The van der Waals surface area contributed by atoms with E-state index < -0.39 is 0 Å². The van der Waals surface area contributed by atoms with E-state index in [1.54, 1.807) is 12.1 Å². The molecule has 4 rings (SSSR count). The molecular weight excluding hydrogens is 347 g/mol. The highest BCUT2D eigenvalue weighted by Gasteiger charge is 2.11. The molecule has 27 heavy (non-hydrogen) atoms. The van der Waals surface area contributed by atoms with Crippen LogP contribution in [0.5, 0.6) is 11.5 Å². The number of hydrogen-bond donors (Lipinski definition) is 2. The molecule has 0 bridgehead atoms. The van der Waals surface area contributed by atoms with Gasteiger partial charge in [0.25, 0.3) is 0 Å². The van der Waals surface area contributed by atoms with Crippen LogP contribution in [0.3, 0.4) is 0 Å². The topological polar surface area (TPSA) is 63.4 Å². The summed E-state index contributed by atoms with van der Waals surface area (Å²) < 4.78 is 24.4. The fourth-order valence-corrected chi connectivity index (χ4v) is 3.07. The average Bonchev–Trinajstić information content (AvgIpc) is 3.08. The van der Waals surface area contributed by atoms with Crippen LogP contribution in [0, 0.1) is 5.82 Å². The molecule has 1 aromatic heterocycles. The third-order valence-corrected chi connectivity index (χ3v) is 4.42. The quantitative estimate of drug-likeness (QED) is 0.680. The SMILES string of the molecule is O=C(C=Cc1ccc2c(c1)OCCO2)NCCc1c[nH]c2ccc(F)cc12. The number of carbonyl (C=O) groups excluding carboxylic acids is 1. The second-order valence-electron chi connectivity index (χ2n) is 6.28. The summed E-state index contributed by atoms with van der Waals surface area (Å²) >= 11 is 0. The predicted molar refractivity (Wildman–Crippen MR) is 101 cm³/mol. The molecule has 0 spiro atoms. The highest BCUT2D eigenvalue weighted by atomic mass is 19.1. The number of ether oxygens (including phenoxy) is 2. The van der Waals surface area contributed by atoms with Crippen molar-refractivity contribution in [2.24, 2.45) is 0 Å². The number of nitrogens with one attached hydrogen (secondary N) is 2. The Bertz CT molecular complexity index is 1010. The van der Waals surface area contributed by atoms with E-state index in [0.717, 1.165) is 27.8 Å². The van der Waals surface area contributed by atoms with Crippen LogP contribution in [-0.2, 0) is 11.2 Å². The minimum atomic E-state index is -0.269. The van der Waals surface area contributed by atoms with Crippen LogP contribution in [0.25, 0.3) is 17.0 Å². The van der Waals surface area contributed by atoms with Crippen molar-refractivity contribution in [2.45, 2.75) is 6.42 Å². The van der Waals surface area contributed by atoms with Gasteiger partial charge >= 0.3 is 0 Å². The van der Waals surface area contributed by atoms with E-state index in [-0.39, 0.29) is 11.7 Å². The van der Waals surface area contributed by atoms with Gasteiger partial charge in [-0.05, 0) is 54.0 Å². The van der Waals surface area contributed by atoms with Crippen LogP contribution in [0.2, 0.25) is 0 Å². The van der Waals surface area contributed by atoms with Crippen molar-refractivity contribution in [3.63, 3.8) is 0 Å². The van der Waals surface area contributed by atoms with Gasteiger partial charge in [-0.1, -0.05) is 6.07 Å². The zero-order valence-corrected chi connectivity index (χ0v) is 14.6. The number of H-pyrrole nitrogens is 1. The average molecular weight is 366 g/mol. The van der Waals surface area contributed by atoms with Crippen LogP contribution in [-0.4, -0.2) is 30.6 Å². The molecule has 138 valence electrons. The Hall–Kier alpha value is -3.28. The number of hydrogen-bond acceptors (Lipinski definition) is 3. The van der Waals surface area contributed by atoms with Crippen molar-refractivity contribution < 1.29 is 18.7 Å². The number of carbonyl (C=O) groups is 1. The maximum absolute atomic E-state index is 13.4. The van der Waals surface area contributed by atoms with Gasteiger partial charge in [0.1, 0.15) is 19.0 Å². The molecule has 0 unspecified atom stereocenters. The Kier molecular flexibility index (Phi) is 4.78. The van der Waals surface area contributed by atoms with Crippen molar-refractivity contribution in [3.8, 4) is 11.5 Å². The lowest BCUT2D eigenvalue weighted by atomic mass is 10.1. The van der Waals surface area contributed by atoms with Gasteiger partial charge in [-0.15, -0.1) is 0 Å². The van der Waals surface area contributed by atoms with Gasteiger partial charge in [0.2, 0.25) is 5.91 Å². The molecule has 6 heteroatoms. The first kappa shape index (κ1) is 17.1. The summed E-state index contributed by atoms with van der Waals surface area (Å²) in [6.07, 6.45) is 5.68. The van der Waals surface area contributed by atoms with Crippen LogP contribution >= 0.6 is 0 Å². The fourth-order valence-electron chi connectivity index (χ4n) is 3.07. The minimum absolute atomic E-state index is 0.184. The summed E-state index contributed by atoms with van der Waals surface area (Å²) in [6, 6.07) is 10.2. The highest BCUT2D eigenvalue weighted by Crippen LogP contribution is 2.31. The van der Waals surface area contributed by atoms with Gasteiger partial charge in [-0.2, -0.15) is 0 Å². The number of aromatic nitrogens is 1. The predicted octanol–water partition coefficient (Wildman–Crippen LogP) is 3.45. The first-order valence-electron chi connectivity index (χ1n) is 8.80. The van der Waals surface area contributed by atoms with E-state index >= 15 is 0 Å². The molecule has 2 aromatic carbocycles. The zero-order valence-electron chi connectivity index (χ0n) is 14.6. The lowest BCUT2D eigenvalue weighted by molar-refractivity contribution is -0.116. The molecule has 0 atom stereocenters. The number of benzene rings is 2. The number of rotatable bonds is 5. The molecular formula is C21H19FN2O3. The monoisotopic (exact) mass is 366 g/mol. The van der Waals surface area contributed by atoms with Gasteiger partial charge < -0.3 is 19.8 Å². The molecule has 1 aliphatic rings. The minimum Gasteiger partial charge on any atom is -0.486 e. The summed E-state index contributed by atoms with van der Waals surface area (Å²) in [5, 5.41) is 3.69. The Morgan fingerprint density at radius 1 is 1.15 bits per heavy atom. The Morgan fingerprint density at radius 3 is 2.89 bits per heavy atom. The molecule has 3 aromatic rings. The summed E-state index contributed by atoms with van der Waals surface area (Å²) in [6.45, 7) is 1.54. The van der Waals surface area contributed by atoms with E-state index in [9.17, 15) is 9.18 Å². The standard InChI is InChI=1S/C21H19FN2O3/c22-16-3-4-18-17(12-16)15(13-24-18)7-8-23-21(25)6-2-14-1-5-19-20(11-14)27-10-9-26-19/h1-6,11-13,24H,7-10H2,(H,23,25). The zero-order chi connectivity index (χ0) is 18.6. The number of amides is 1. The van der Waals surface area contributed by atoms with Gasteiger partial charge in [-0.25, -0.2) is 4.39 Å². The van der Waals surface area contributed by atoms with Crippen LogP contribution in [0.15, 0.2) is 48.7 Å². The Morgan fingerprint density at radius 2 is 2.00 bits per heavy atom. The summed E-state index contributed by atoms with van der Waals surface area (Å²) in [7, 11) is 0.